The fraction of sp³-hybridized carbons (Fsp3) is 0.467. The maximum Gasteiger partial charge on any atom is 0.119 e. The molecule has 0 radical (unpaired) electrons. The van der Waals surface area contributed by atoms with E-state index >= 15 is 0 Å². The highest BCUT2D eigenvalue weighted by atomic mass is 32.2. The highest BCUT2D eigenvalue weighted by Crippen LogP contribution is 2.36. The molecule has 2 aromatic rings. The summed E-state index contributed by atoms with van der Waals surface area (Å²) in [5.74, 6) is 0.868. The highest BCUT2D eigenvalue weighted by Gasteiger charge is 2.17. The molecule has 0 atom stereocenters. The molecule has 1 heterocycles. The van der Waals surface area contributed by atoms with E-state index in [0.717, 1.165) is 21.7 Å². The number of aromatic nitrogens is 2. The summed E-state index contributed by atoms with van der Waals surface area (Å²) in [7, 11) is 1.69. The quantitative estimate of drug-likeness (QED) is 0.790. The minimum atomic E-state index is 0.707. The molecule has 0 N–H and O–H groups in total. The maximum absolute atomic E-state index is 5.30. The first kappa shape index (κ1) is 12.7. The van der Waals surface area contributed by atoms with Crippen molar-refractivity contribution in [3.05, 3.63) is 24.5 Å². The molecular formula is C15H18N2OS. The van der Waals surface area contributed by atoms with Crippen LogP contribution in [0.2, 0.25) is 0 Å². The van der Waals surface area contributed by atoms with Crippen LogP contribution in [0.5, 0.6) is 5.75 Å². The summed E-state index contributed by atoms with van der Waals surface area (Å²) < 4.78 is 5.30. The van der Waals surface area contributed by atoms with Gasteiger partial charge in [-0.25, -0.2) is 9.97 Å². The summed E-state index contributed by atoms with van der Waals surface area (Å²) in [4.78, 5) is 8.80. The molecule has 0 amide bonds. The molecule has 3 rings (SSSR count). The minimum absolute atomic E-state index is 0.707. The van der Waals surface area contributed by atoms with Crippen molar-refractivity contribution < 1.29 is 4.74 Å². The summed E-state index contributed by atoms with van der Waals surface area (Å²) in [6.07, 6.45) is 8.36. The number of thioether (sulfide) groups is 1. The van der Waals surface area contributed by atoms with Crippen LogP contribution in [0.25, 0.3) is 10.9 Å². The van der Waals surface area contributed by atoms with E-state index in [1.165, 1.54) is 32.1 Å². The molecule has 0 spiro atoms. The van der Waals surface area contributed by atoms with Crippen LogP contribution >= 0.6 is 11.8 Å². The van der Waals surface area contributed by atoms with Crippen molar-refractivity contribution in [2.24, 2.45) is 0 Å². The topological polar surface area (TPSA) is 35.0 Å². The molecule has 3 nitrogen and oxygen atoms in total. The average Bonchev–Trinajstić information content (AvgIpc) is 2.48. The molecule has 1 aliphatic rings. The summed E-state index contributed by atoms with van der Waals surface area (Å²) in [5, 5.41) is 2.91. The van der Waals surface area contributed by atoms with Gasteiger partial charge in [0.2, 0.25) is 0 Å². The van der Waals surface area contributed by atoms with Gasteiger partial charge in [-0.2, -0.15) is 0 Å². The van der Waals surface area contributed by atoms with Crippen LogP contribution in [0.3, 0.4) is 0 Å². The van der Waals surface area contributed by atoms with Gasteiger partial charge in [0.25, 0.3) is 0 Å². The second kappa shape index (κ2) is 5.78. The van der Waals surface area contributed by atoms with Crippen LogP contribution in [-0.2, 0) is 0 Å². The number of hydrogen-bond acceptors (Lipinski definition) is 4. The molecular weight excluding hydrogens is 256 g/mol. The lowest BCUT2D eigenvalue weighted by molar-refractivity contribution is 0.415. The van der Waals surface area contributed by atoms with Gasteiger partial charge in [-0.15, -0.1) is 11.8 Å². The third-order valence-corrected chi connectivity index (χ3v) is 4.99. The molecule has 1 aliphatic carbocycles. The Kier molecular flexibility index (Phi) is 3.87. The first-order chi connectivity index (χ1) is 9.36. The molecule has 100 valence electrons. The van der Waals surface area contributed by atoms with Crippen LogP contribution < -0.4 is 4.74 Å². The normalized spacial score (nSPS) is 16.7. The van der Waals surface area contributed by atoms with Gasteiger partial charge in [0.15, 0.2) is 0 Å². The van der Waals surface area contributed by atoms with Crippen LogP contribution in [0.15, 0.2) is 29.6 Å². The van der Waals surface area contributed by atoms with E-state index in [1.54, 1.807) is 13.4 Å². The second-order valence-corrected chi connectivity index (χ2v) is 6.23. The first-order valence-electron chi connectivity index (χ1n) is 6.82. The summed E-state index contributed by atoms with van der Waals surface area (Å²) in [6.45, 7) is 0. The van der Waals surface area contributed by atoms with Gasteiger partial charge in [-0.05, 0) is 31.0 Å². The smallest absolute Gasteiger partial charge is 0.119 e. The SMILES string of the molecule is COc1ccc2ncnc(SC3CCCCC3)c2c1. The van der Waals surface area contributed by atoms with Crippen molar-refractivity contribution in [1.82, 2.24) is 9.97 Å². The number of nitrogens with zero attached hydrogens (tertiary/aromatic N) is 2. The molecule has 1 aromatic carbocycles. The Morgan fingerprint density at radius 2 is 2.00 bits per heavy atom. The maximum atomic E-state index is 5.30. The van der Waals surface area contributed by atoms with E-state index in [9.17, 15) is 0 Å². The number of ether oxygens (including phenoxy) is 1. The molecule has 4 heteroatoms. The zero-order valence-electron chi connectivity index (χ0n) is 11.1. The van der Waals surface area contributed by atoms with E-state index in [2.05, 4.69) is 9.97 Å². The highest BCUT2D eigenvalue weighted by molar-refractivity contribution is 8.00. The minimum Gasteiger partial charge on any atom is -0.497 e. The van der Waals surface area contributed by atoms with Crippen molar-refractivity contribution in [2.75, 3.05) is 7.11 Å². The van der Waals surface area contributed by atoms with E-state index in [-0.39, 0.29) is 0 Å². The van der Waals surface area contributed by atoms with Crippen molar-refractivity contribution >= 4 is 22.7 Å². The molecule has 19 heavy (non-hydrogen) atoms. The lowest BCUT2D eigenvalue weighted by atomic mass is 10.0. The predicted molar refractivity (Wildman–Crippen MR) is 78.8 cm³/mol. The van der Waals surface area contributed by atoms with Crippen molar-refractivity contribution in [3.8, 4) is 5.75 Å². The van der Waals surface area contributed by atoms with Crippen LogP contribution in [0.1, 0.15) is 32.1 Å². The monoisotopic (exact) mass is 274 g/mol. The van der Waals surface area contributed by atoms with Crippen LogP contribution in [0.4, 0.5) is 0 Å². The van der Waals surface area contributed by atoms with Gasteiger partial charge in [0, 0.05) is 10.6 Å². The van der Waals surface area contributed by atoms with E-state index in [0.29, 0.717) is 5.25 Å². The average molecular weight is 274 g/mol. The van der Waals surface area contributed by atoms with Gasteiger partial charge in [0.1, 0.15) is 17.1 Å². The molecule has 0 saturated heterocycles. The zero-order chi connectivity index (χ0) is 13.1. The molecule has 0 bridgehead atoms. The third kappa shape index (κ3) is 2.84. The van der Waals surface area contributed by atoms with E-state index < -0.39 is 0 Å². The Balaban J connectivity index is 1.92. The second-order valence-electron chi connectivity index (χ2n) is 4.94. The molecule has 1 aromatic heterocycles. The molecule has 1 saturated carbocycles. The number of hydrogen-bond donors (Lipinski definition) is 0. The first-order valence-corrected chi connectivity index (χ1v) is 7.70. The van der Waals surface area contributed by atoms with Crippen molar-refractivity contribution in [1.29, 1.82) is 0 Å². The lowest BCUT2D eigenvalue weighted by Crippen LogP contribution is -2.08. The predicted octanol–water partition coefficient (Wildman–Crippen LogP) is 4.06. The van der Waals surface area contributed by atoms with Crippen molar-refractivity contribution in [2.45, 2.75) is 42.4 Å². The summed E-state index contributed by atoms with van der Waals surface area (Å²) >= 11 is 1.91. The van der Waals surface area contributed by atoms with Gasteiger partial charge >= 0.3 is 0 Å². The summed E-state index contributed by atoms with van der Waals surface area (Å²) in [6, 6.07) is 5.99. The largest absolute Gasteiger partial charge is 0.497 e. The fourth-order valence-corrected chi connectivity index (χ4v) is 3.86. The van der Waals surface area contributed by atoms with Crippen LogP contribution in [0, 0.1) is 0 Å². The molecule has 0 aliphatic heterocycles. The van der Waals surface area contributed by atoms with E-state index in [1.807, 2.05) is 30.0 Å². The number of rotatable bonds is 3. The van der Waals surface area contributed by atoms with Gasteiger partial charge in [-0.1, -0.05) is 19.3 Å². The summed E-state index contributed by atoms with van der Waals surface area (Å²) in [5.41, 5.74) is 0.995. The Morgan fingerprint density at radius 1 is 1.16 bits per heavy atom. The van der Waals surface area contributed by atoms with Gasteiger partial charge < -0.3 is 4.74 Å². The number of methoxy groups -OCH3 is 1. The standard InChI is InChI=1S/C15H18N2OS/c1-18-11-7-8-14-13(9-11)15(17-10-16-14)19-12-5-3-2-4-6-12/h7-10,12H,2-6H2,1H3. The lowest BCUT2D eigenvalue weighted by Gasteiger charge is -2.20. The Labute approximate surface area is 117 Å². The zero-order valence-corrected chi connectivity index (χ0v) is 11.9. The van der Waals surface area contributed by atoms with Gasteiger partial charge in [-0.3, -0.25) is 0 Å². The fourth-order valence-electron chi connectivity index (χ4n) is 2.57. The molecule has 1 fully saturated rings. The van der Waals surface area contributed by atoms with Gasteiger partial charge in [0.05, 0.1) is 12.6 Å². The number of fused-ring (bicyclic) bond motifs is 1. The van der Waals surface area contributed by atoms with Crippen molar-refractivity contribution in [3.63, 3.8) is 0 Å². The Hall–Kier alpha value is -1.29. The van der Waals surface area contributed by atoms with E-state index in [4.69, 9.17) is 4.74 Å². The molecule has 0 unspecified atom stereocenters. The number of benzene rings is 1. The van der Waals surface area contributed by atoms with Crippen LogP contribution in [-0.4, -0.2) is 22.3 Å². The third-order valence-electron chi connectivity index (χ3n) is 3.64. The Bertz CT molecular complexity index is 567. The Morgan fingerprint density at radius 3 is 2.79 bits per heavy atom.